The van der Waals surface area contributed by atoms with Crippen LogP contribution in [0.25, 0.3) is 0 Å². The topological polar surface area (TPSA) is 142 Å². The monoisotopic (exact) mass is 617 g/mol. The minimum absolute atomic E-state index is 0.0959. The summed E-state index contributed by atoms with van der Waals surface area (Å²) in [5.74, 6) is 0.137. The predicted molar refractivity (Wildman–Crippen MR) is 185 cm³/mol. The van der Waals surface area contributed by atoms with Gasteiger partial charge in [0.1, 0.15) is 16.9 Å². The van der Waals surface area contributed by atoms with Crippen LogP contribution in [-0.4, -0.2) is 32.8 Å². The van der Waals surface area contributed by atoms with E-state index in [1.165, 1.54) is 5.56 Å². The lowest BCUT2D eigenvalue weighted by Gasteiger charge is -2.29. The number of fused-ring (bicyclic) bond motifs is 1. The molecule has 1 amide bonds. The minimum Gasteiger partial charge on any atom is -0.508 e. The summed E-state index contributed by atoms with van der Waals surface area (Å²) in [5, 5.41) is 31.7. The molecule has 0 saturated heterocycles. The van der Waals surface area contributed by atoms with Crippen LogP contribution < -0.4 is 16.8 Å². The Labute approximate surface area is 271 Å². The van der Waals surface area contributed by atoms with Crippen molar-refractivity contribution in [2.75, 3.05) is 5.32 Å². The molecule has 0 radical (unpaired) electrons. The van der Waals surface area contributed by atoms with Gasteiger partial charge in [-0.15, -0.1) is 0 Å². The van der Waals surface area contributed by atoms with Crippen molar-refractivity contribution in [3.05, 3.63) is 161 Å². The highest BCUT2D eigenvalue weighted by Crippen LogP contribution is 2.48. The SMILES string of the molecule is CC(C)(N)Cc1ccccc1.C[C@H](N)[C@@H](O)c1ccccc1.O=C1Nc2ccccc2C1(c1ccc(O)cc1)c1ccc(O)cc1. The molecular weight excluding hydrogens is 574 g/mol. The molecule has 5 aromatic rings. The number of phenolic OH excluding ortho intramolecular Hbond substituents is 2. The molecule has 0 aliphatic carbocycles. The molecule has 0 unspecified atom stereocenters. The number of aliphatic hydroxyl groups is 1. The molecule has 0 aromatic heterocycles. The van der Waals surface area contributed by atoms with Crippen molar-refractivity contribution in [2.24, 2.45) is 11.5 Å². The second-order valence-corrected chi connectivity index (χ2v) is 12.2. The summed E-state index contributed by atoms with van der Waals surface area (Å²) in [4.78, 5) is 13.1. The van der Waals surface area contributed by atoms with Crippen LogP contribution in [0, 0.1) is 0 Å². The zero-order valence-electron chi connectivity index (χ0n) is 26.5. The second kappa shape index (κ2) is 14.9. The van der Waals surface area contributed by atoms with E-state index in [-0.39, 0.29) is 29.0 Å². The number of carbonyl (C=O) groups excluding carboxylic acids is 1. The van der Waals surface area contributed by atoms with Gasteiger partial charge in [0.25, 0.3) is 0 Å². The van der Waals surface area contributed by atoms with Gasteiger partial charge in [-0.05, 0) is 79.8 Å². The molecule has 1 aliphatic rings. The molecule has 0 fully saturated rings. The summed E-state index contributed by atoms with van der Waals surface area (Å²) >= 11 is 0. The molecule has 7 heteroatoms. The number of amides is 1. The third-order valence-corrected chi connectivity index (χ3v) is 7.66. The van der Waals surface area contributed by atoms with Gasteiger partial charge < -0.3 is 32.1 Å². The molecule has 1 heterocycles. The number of para-hydroxylation sites is 1. The van der Waals surface area contributed by atoms with E-state index in [0.717, 1.165) is 34.4 Å². The number of hydrogen-bond acceptors (Lipinski definition) is 6. The number of benzene rings is 5. The molecule has 0 bridgehead atoms. The largest absolute Gasteiger partial charge is 0.508 e. The third-order valence-electron chi connectivity index (χ3n) is 7.66. The first-order chi connectivity index (χ1) is 21.9. The summed E-state index contributed by atoms with van der Waals surface area (Å²) in [7, 11) is 0. The van der Waals surface area contributed by atoms with Crippen LogP contribution in [-0.2, 0) is 16.6 Å². The van der Waals surface area contributed by atoms with Crippen LogP contribution in [0.3, 0.4) is 0 Å². The smallest absolute Gasteiger partial charge is 0.244 e. The van der Waals surface area contributed by atoms with E-state index in [1.54, 1.807) is 55.5 Å². The van der Waals surface area contributed by atoms with E-state index < -0.39 is 11.5 Å². The fourth-order valence-corrected chi connectivity index (χ4v) is 5.50. The van der Waals surface area contributed by atoms with Crippen molar-refractivity contribution in [1.82, 2.24) is 0 Å². The quantitative estimate of drug-likeness (QED) is 0.130. The maximum absolute atomic E-state index is 13.1. The highest BCUT2D eigenvalue weighted by Gasteiger charge is 2.49. The van der Waals surface area contributed by atoms with Crippen LogP contribution in [0.1, 0.15) is 54.7 Å². The van der Waals surface area contributed by atoms with Gasteiger partial charge in [0.05, 0.1) is 6.10 Å². The third kappa shape index (κ3) is 8.20. The number of rotatable bonds is 6. The summed E-state index contributed by atoms with van der Waals surface area (Å²) in [6.07, 6.45) is 0.393. The summed E-state index contributed by atoms with van der Waals surface area (Å²) in [5.41, 5.74) is 15.6. The number of hydrogen-bond donors (Lipinski definition) is 6. The zero-order valence-corrected chi connectivity index (χ0v) is 26.5. The molecule has 46 heavy (non-hydrogen) atoms. The van der Waals surface area contributed by atoms with Gasteiger partial charge in [0.2, 0.25) is 5.91 Å². The molecule has 238 valence electrons. The molecule has 0 saturated carbocycles. The maximum atomic E-state index is 13.1. The fourth-order valence-electron chi connectivity index (χ4n) is 5.50. The van der Waals surface area contributed by atoms with E-state index in [4.69, 9.17) is 11.5 Å². The van der Waals surface area contributed by atoms with E-state index in [2.05, 4.69) is 17.4 Å². The van der Waals surface area contributed by atoms with Gasteiger partial charge in [0, 0.05) is 22.8 Å². The van der Waals surface area contributed by atoms with Crippen molar-refractivity contribution in [3.63, 3.8) is 0 Å². The first kappa shape index (κ1) is 33.9. The van der Waals surface area contributed by atoms with Crippen molar-refractivity contribution in [2.45, 2.75) is 50.3 Å². The summed E-state index contributed by atoms with van der Waals surface area (Å²) in [6.45, 7) is 5.87. The van der Waals surface area contributed by atoms with Crippen molar-refractivity contribution in [3.8, 4) is 11.5 Å². The Kier molecular flexibility index (Phi) is 11.0. The molecule has 2 atom stereocenters. The number of aliphatic hydroxyl groups excluding tert-OH is 1. The van der Waals surface area contributed by atoms with Gasteiger partial charge in [-0.2, -0.15) is 0 Å². The fraction of sp³-hybridized carbons (Fsp3) is 0.205. The van der Waals surface area contributed by atoms with Crippen molar-refractivity contribution >= 4 is 11.6 Å². The van der Waals surface area contributed by atoms with E-state index >= 15 is 0 Å². The lowest BCUT2D eigenvalue weighted by Crippen LogP contribution is -2.36. The van der Waals surface area contributed by atoms with Gasteiger partial charge >= 0.3 is 0 Å². The molecule has 8 N–H and O–H groups in total. The van der Waals surface area contributed by atoms with Crippen LogP contribution in [0.2, 0.25) is 0 Å². The van der Waals surface area contributed by atoms with Crippen molar-refractivity contribution < 1.29 is 20.1 Å². The Bertz CT molecular complexity index is 1640. The first-order valence-electron chi connectivity index (χ1n) is 15.2. The number of phenols is 2. The molecule has 5 aromatic carbocycles. The van der Waals surface area contributed by atoms with Gasteiger partial charge in [-0.3, -0.25) is 4.79 Å². The molecule has 6 rings (SSSR count). The Morgan fingerprint density at radius 2 is 1.17 bits per heavy atom. The Hall–Kier alpha value is -4.95. The molecule has 0 spiro atoms. The molecular formula is C39H43N3O4. The van der Waals surface area contributed by atoms with Crippen LogP contribution in [0.5, 0.6) is 11.5 Å². The van der Waals surface area contributed by atoms with E-state index in [9.17, 15) is 20.1 Å². The maximum Gasteiger partial charge on any atom is 0.244 e. The zero-order chi connectivity index (χ0) is 33.3. The van der Waals surface area contributed by atoms with Crippen LogP contribution >= 0.6 is 0 Å². The number of anilines is 1. The Morgan fingerprint density at radius 1 is 0.717 bits per heavy atom. The average Bonchev–Trinajstić information content (AvgIpc) is 3.34. The van der Waals surface area contributed by atoms with Gasteiger partial charge in [0.15, 0.2) is 0 Å². The number of aromatic hydroxyl groups is 2. The number of nitrogens with two attached hydrogens (primary N) is 2. The summed E-state index contributed by atoms with van der Waals surface area (Å²) < 4.78 is 0. The predicted octanol–water partition coefficient (Wildman–Crippen LogP) is 6.42. The number of carbonyl (C=O) groups is 1. The van der Waals surface area contributed by atoms with Crippen LogP contribution in [0.15, 0.2) is 133 Å². The lowest BCUT2D eigenvalue weighted by molar-refractivity contribution is -0.118. The van der Waals surface area contributed by atoms with Gasteiger partial charge in [-0.1, -0.05) is 103 Å². The summed E-state index contributed by atoms with van der Waals surface area (Å²) in [6, 6.07) is 40.4. The van der Waals surface area contributed by atoms with Crippen LogP contribution in [0.4, 0.5) is 5.69 Å². The average molecular weight is 618 g/mol. The molecule has 1 aliphatic heterocycles. The highest BCUT2D eigenvalue weighted by atomic mass is 16.3. The minimum atomic E-state index is -1.02. The van der Waals surface area contributed by atoms with E-state index in [1.807, 2.05) is 86.6 Å². The second-order valence-electron chi connectivity index (χ2n) is 12.2. The molecule has 7 nitrogen and oxygen atoms in total. The Morgan fingerprint density at radius 3 is 1.65 bits per heavy atom. The van der Waals surface area contributed by atoms with Crippen molar-refractivity contribution in [1.29, 1.82) is 0 Å². The Balaban J connectivity index is 0.000000182. The van der Waals surface area contributed by atoms with E-state index in [0.29, 0.717) is 0 Å². The normalized spacial score (nSPS) is 14.3. The van der Waals surface area contributed by atoms with Gasteiger partial charge in [-0.25, -0.2) is 0 Å². The first-order valence-corrected chi connectivity index (χ1v) is 15.2. The lowest BCUT2D eigenvalue weighted by atomic mass is 9.70. The number of nitrogens with one attached hydrogen (secondary N) is 1. The highest BCUT2D eigenvalue weighted by molar-refractivity contribution is 6.11. The standard InChI is InChI=1S/C20H15NO3.C10H15N.C9H13NO/c22-15-9-5-13(6-10-15)20(14-7-11-16(23)12-8-14)17-3-1-2-4-18(17)21-19(20)24;1-10(2,11)8-9-6-4-3-5-7-9;1-7(10)9(11)8-5-3-2-4-6-8/h1-12,22-23H,(H,21,24);3-7H,8,11H2,1-2H3;2-7,9,11H,10H2,1H3/t;;7-,9+/m..0/s1.